The molecule has 1 amide bonds. The van der Waals surface area contributed by atoms with Crippen LogP contribution in [0.2, 0.25) is 0 Å². The zero-order valence-electron chi connectivity index (χ0n) is 14.9. The van der Waals surface area contributed by atoms with Gasteiger partial charge in [0.25, 0.3) is 11.6 Å². The Morgan fingerprint density at radius 2 is 1.59 bits per heavy atom. The van der Waals surface area contributed by atoms with Crippen molar-refractivity contribution in [2.45, 2.75) is 12.2 Å². The number of nitro benzene ring substituents is 1. The Morgan fingerprint density at radius 1 is 0.966 bits per heavy atom. The number of aliphatic hydroxyl groups is 2. The molecule has 2 atom stereocenters. The first kappa shape index (κ1) is 21.4. The zero-order chi connectivity index (χ0) is 21.4. The molecule has 0 aliphatic heterocycles. The number of aliphatic carboxylic acids is 1. The lowest BCUT2D eigenvalue weighted by atomic mass is 10.2. The minimum atomic E-state index is -2.32. The van der Waals surface area contributed by atoms with Crippen molar-refractivity contribution >= 4 is 34.0 Å². The number of fused-ring (bicyclic) bond motifs is 1. The first-order valence-electron chi connectivity index (χ1n) is 8.23. The Labute approximate surface area is 164 Å². The van der Waals surface area contributed by atoms with Crippen molar-refractivity contribution in [3.8, 4) is 0 Å². The van der Waals surface area contributed by atoms with Crippen molar-refractivity contribution in [3.63, 3.8) is 0 Å². The van der Waals surface area contributed by atoms with Crippen molar-refractivity contribution in [1.29, 1.82) is 0 Å². The highest BCUT2D eigenvalue weighted by molar-refractivity contribution is 5.98. The highest BCUT2D eigenvalue weighted by atomic mass is 16.6. The van der Waals surface area contributed by atoms with Crippen molar-refractivity contribution in [2.75, 3.05) is 5.32 Å². The number of nitrogens with zero attached hydrogens (tertiary/aromatic N) is 2. The maximum Gasteiger partial charge on any atom is 0.335 e. The van der Waals surface area contributed by atoms with Crippen LogP contribution in [0.3, 0.4) is 0 Å². The molecule has 0 aliphatic rings. The van der Waals surface area contributed by atoms with Gasteiger partial charge in [0.1, 0.15) is 5.69 Å². The van der Waals surface area contributed by atoms with Crippen LogP contribution in [0.5, 0.6) is 0 Å². The topological polar surface area (TPSA) is 163 Å². The number of carbonyl (C=O) groups excluding carboxylic acids is 1. The normalized spacial score (nSPS) is 12.2. The second kappa shape index (κ2) is 9.88. The summed E-state index contributed by atoms with van der Waals surface area (Å²) in [5, 5.41) is 41.7. The molecule has 0 aliphatic carbocycles. The Hall–Kier alpha value is -3.89. The van der Waals surface area contributed by atoms with Crippen molar-refractivity contribution in [1.82, 2.24) is 4.98 Å². The summed E-state index contributed by atoms with van der Waals surface area (Å²) in [5.41, 5.74) is -0.637. The van der Waals surface area contributed by atoms with E-state index in [-0.39, 0.29) is 5.69 Å². The van der Waals surface area contributed by atoms with Crippen LogP contribution in [0, 0.1) is 10.1 Å². The van der Waals surface area contributed by atoms with E-state index in [1.54, 1.807) is 0 Å². The standard InChI is InChI=1S/C10H10N2O7.C9H7N/c13-7(8(14)10(16)17)9(15)11-5-3-1-2-4-6(5)12(18)19;1-2-4-9-7-10-6-5-8(9)3-1/h1-4,7-8,13-14H,(H,11,15)(H,16,17);1-7H. The van der Waals surface area contributed by atoms with E-state index < -0.39 is 34.7 Å². The number of hydrogen-bond acceptors (Lipinski definition) is 7. The van der Waals surface area contributed by atoms with Crippen LogP contribution in [0.4, 0.5) is 11.4 Å². The molecule has 0 saturated heterocycles. The lowest BCUT2D eigenvalue weighted by molar-refractivity contribution is -0.383. The van der Waals surface area contributed by atoms with Gasteiger partial charge in [-0.3, -0.25) is 19.9 Å². The number of amides is 1. The molecule has 150 valence electrons. The lowest BCUT2D eigenvalue weighted by Gasteiger charge is -2.13. The average molecular weight is 399 g/mol. The molecule has 2 aromatic carbocycles. The fraction of sp³-hybridized carbons (Fsp3) is 0.105. The van der Waals surface area contributed by atoms with E-state index in [1.807, 2.05) is 35.9 Å². The monoisotopic (exact) mass is 399 g/mol. The van der Waals surface area contributed by atoms with Crippen LogP contribution in [0.1, 0.15) is 0 Å². The molecule has 10 heteroatoms. The first-order valence-corrected chi connectivity index (χ1v) is 8.23. The number of carboxylic acid groups (broad SMARTS) is 1. The minimum Gasteiger partial charge on any atom is -0.479 e. The summed E-state index contributed by atoms with van der Waals surface area (Å²) in [6.45, 7) is 0. The van der Waals surface area contributed by atoms with E-state index in [2.05, 4.69) is 17.1 Å². The third-order valence-corrected chi connectivity index (χ3v) is 3.73. The van der Waals surface area contributed by atoms with Gasteiger partial charge in [0.15, 0.2) is 12.2 Å². The van der Waals surface area contributed by atoms with Gasteiger partial charge in [-0.15, -0.1) is 0 Å². The third kappa shape index (κ3) is 5.79. The summed E-state index contributed by atoms with van der Waals surface area (Å²) >= 11 is 0. The number of anilines is 1. The molecule has 2 unspecified atom stereocenters. The van der Waals surface area contributed by atoms with Gasteiger partial charge in [-0.2, -0.15) is 0 Å². The quantitative estimate of drug-likeness (QED) is 0.371. The van der Waals surface area contributed by atoms with Gasteiger partial charge in [0, 0.05) is 18.5 Å². The number of nitrogens with one attached hydrogen (secondary N) is 1. The number of carboxylic acids is 1. The highest BCUT2D eigenvalue weighted by Gasteiger charge is 2.31. The van der Waals surface area contributed by atoms with Gasteiger partial charge in [0.05, 0.1) is 4.92 Å². The summed E-state index contributed by atoms with van der Waals surface area (Å²) in [7, 11) is 0. The molecule has 0 spiro atoms. The lowest BCUT2D eigenvalue weighted by Crippen LogP contribution is -2.42. The fourth-order valence-electron chi connectivity index (χ4n) is 2.25. The number of carbonyl (C=O) groups is 2. The molecular weight excluding hydrogens is 382 g/mol. The van der Waals surface area contributed by atoms with Crippen molar-refractivity contribution in [3.05, 3.63) is 77.1 Å². The van der Waals surface area contributed by atoms with Crippen molar-refractivity contribution in [2.24, 2.45) is 0 Å². The van der Waals surface area contributed by atoms with Crippen molar-refractivity contribution < 1.29 is 29.8 Å². The molecule has 0 fully saturated rings. The van der Waals surface area contributed by atoms with Gasteiger partial charge in [-0.1, -0.05) is 36.4 Å². The summed E-state index contributed by atoms with van der Waals surface area (Å²) in [6, 6.07) is 15.3. The number of para-hydroxylation sites is 2. The Bertz CT molecular complexity index is 960. The number of pyridine rings is 1. The van der Waals surface area contributed by atoms with E-state index in [4.69, 9.17) is 10.2 Å². The molecule has 29 heavy (non-hydrogen) atoms. The van der Waals surface area contributed by atoms with Crippen LogP contribution in [-0.2, 0) is 9.59 Å². The summed E-state index contributed by atoms with van der Waals surface area (Å²) in [4.78, 5) is 35.7. The summed E-state index contributed by atoms with van der Waals surface area (Å²) in [5.74, 6) is -3.05. The van der Waals surface area contributed by atoms with Gasteiger partial charge in [-0.25, -0.2) is 4.79 Å². The molecule has 4 N–H and O–H groups in total. The van der Waals surface area contributed by atoms with Gasteiger partial charge < -0.3 is 20.6 Å². The Balaban J connectivity index is 0.000000248. The summed E-state index contributed by atoms with van der Waals surface area (Å²) in [6.07, 6.45) is -0.877. The maximum absolute atomic E-state index is 11.4. The number of aliphatic hydroxyl groups excluding tert-OH is 2. The molecule has 1 aromatic heterocycles. The molecule has 3 rings (SSSR count). The highest BCUT2D eigenvalue weighted by Crippen LogP contribution is 2.23. The number of nitro groups is 1. The number of rotatable bonds is 5. The molecule has 1 heterocycles. The number of hydrogen-bond donors (Lipinski definition) is 4. The fourth-order valence-corrected chi connectivity index (χ4v) is 2.25. The number of aromatic nitrogens is 1. The van der Waals surface area contributed by atoms with E-state index in [0.717, 1.165) is 6.07 Å². The van der Waals surface area contributed by atoms with E-state index >= 15 is 0 Å². The SMILES string of the molecule is O=C(O)C(O)C(O)C(=O)Nc1ccccc1[N+](=O)[O-].c1ccc2cnccc2c1. The van der Waals surface area contributed by atoms with Gasteiger partial charge >= 0.3 is 5.97 Å². The Morgan fingerprint density at radius 3 is 2.21 bits per heavy atom. The second-order valence-corrected chi connectivity index (χ2v) is 5.71. The van der Waals surface area contributed by atoms with Gasteiger partial charge in [-0.05, 0) is 22.9 Å². The van der Waals surface area contributed by atoms with E-state index in [1.165, 1.54) is 29.0 Å². The largest absolute Gasteiger partial charge is 0.479 e. The molecule has 3 aromatic rings. The van der Waals surface area contributed by atoms with Crippen LogP contribution < -0.4 is 5.32 Å². The minimum absolute atomic E-state index is 0.214. The van der Waals surface area contributed by atoms with Crippen LogP contribution >= 0.6 is 0 Å². The zero-order valence-corrected chi connectivity index (χ0v) is 14.9. The van der Waals surface area contributed by atoms with Crippen LogP contribution in [-0.4, -0.2) is 49.3 Å². The third-order valence-electron chi connectivity index (χ3n) is 3.73. The van der Waals surface area contributed by atoms with Crippen LogP contribution in [0.15, 0.2) is 67.0 Å². The molecule has 0 bridgehead atoms. The summed E-state index contributed by atoms with van der Waals surface area (Å²) < 4.78 is 0. The first-order chi connectivity index (χ1) is 13.8. The predicted octanol–water partition coefficient (Wildman–Crippen LogP) is 1.57. The molecule has 0 radical (unpaired) electrons. The molecular formula is C19H17N3O7. The van der Waals surface area contributed by atoms with Crippen LogP contribution in [0.25, 0.3) is 10.8 Å². The average Bonchev–Trinajstić information content (AvgIpc) is 2.73. The van der Waals surface area contributed by atoms with E-state index in [9.17, 15) is 24.8 Å². The smallest absolute Gasteiger partial charge is 0.335 e. The van der Waals surface area contributed by atoms with E-state index in [0.29, 0.717) is 0 Å². The number of benzene rings is 2. The Kier molecular flexibility index (Phi) is 7.29. The van der Waals surface area contributed by atoms with Gasteiger partial charge in [0.2, 0.25) is 0 Å². The molecule has 10 nitrogen and oxygen atoms in total. The second-order valence-electron chi connectivity index (χ2n) is 5.71. The molecule has 0 saturated carbocycles. The maximum atomic E-state index is 11.4. The predicted molar refractivity (Wildman–Crippen MR) is 103 cm³/mol.